The maximum Gasteiger partial charge on any atom is 0.232 e. The van der Waals surface area contributed by atoms with E-state index in [1.807, 2.05) is 18.2 Å². The molecule has 4 heteroatoms. The Bertz CT molecular complexity index is 520. The average molecular weight is 302 g/mol. The van der Waals surface area contributed by atoms with Crippen LogP contribution in [-0.4, -0.2) is 24.9 Å². The van der Waals surface area contributed by atoms with E-state index in [1.165, 1.54) is 5.56 Å². The third kappa shape index (κ3) is 4.09. The third-order valence-electron chi connectivity index (χ3n) is 4.36. The van der Waals surface area contributed by atoms with Crippen molar-refractivity contribution in [3.05, 3.63) is 35.9 Å². The van der Waals surface area contributed by atoms with E-state index < -0.39 is 5.92 Å². The van der Waals surface area contributed by atoms with Gasteiger partial charge in [-0.05, 0) is 23.8 Å². The zero-order valence-corrected chi connectivity index (χ0v) is 13.7. The first-order valence-electron chi connectivity index (χ1n) is 7.99. The molecule has 1 heterocycles. The topological polar surface area (TPSA) is 58.2 Å². The molecule has 2 atom stereocenters. The van der Waals surface area contributed by atoms with Crippen molar-refractivity contribution in [1.82, 2.24) is 10.6 Å². The number of carbonyl (C=O) groups excluding carboxylic acids is 2. The van der Waals surface area contributed by atoms with Gasteiger partial charge >= 0.3 is 0 Å². The van der Waals surface area contributed by atoms with Crippen molar-refractivity contribution >= 4 is 11.8 Å². The maximum absolute atomic E-state index is 12.4. The number of aryl methyl sites for hydroxylation is 1. The fourth-order valence-electron chi connectivity index (χ4n) is 2.99. The Kier molecular flexibility index (Phi) is 5.22. The van der Waals surface area contributed by atoms with Gasteiger partial charge in [0.2, 0.25) is 11.8 Å². The highest BCUT2D eigenvalue weighted by Gasteiger charge is 2.45. The molecule has 0 saturated carbocycles. The summed E-state index contributed by atoms with van der Waals surface area (Å²) >= 11 is 0. The fourth-order valence-corrected chi connectivity index (χ4v) is 2.99. The number of nitrogens with one attached hydrogen (secondary N) is 2. The second-order valence-electron chi connectivity index (χ2n) is 7.08. The molecule has 0 bridgehead atoms. The molecule has 4 nitrogen and oxygen atoms in total. The van der Waals surface area contributed by atoms with E-state index in [0.717, 1.165) is 12.8 Å². The molecule has 0 aromatic heterocycles. The molecule has 2 amide bonds. The summed E-state index contributed by atoms with van der Waals surface area (Å²) in [5, 5.41) is 5.75. The molecule has 2 rings (SSSR count). The smallest absolute Gasteiger partial charge is 0.232 e. The van der Waals surface area contributed by atoms with Gasteiger partial charge in [0, 0.05) is 19.0 Å². The van der Waals surface area contributed by atoms with Crippen LogP contribution in [0.15, 0.2) is 30.3 Å². The molecule has 1 saturated heterocycles. The Labute approximate surface area is 132 Å². The summed E-state index contributed by atoms with van der Waals surface area (Å²) in [5.74, 6) is -0.783. The first kappa shape index (κ1) is 16.5. The fraction of sp³-hybridized carbons (Fsp3) is 0.556. The summed E-state index contributed by atoms with van der Waals surface area (Å²) in [7, 11) is 0. The lowest BCUT2D eigenvalue weighted by Gasteiger charge is -2.29. The minimum Gasteiger partial charge on any atom is -0.355 e. The molecule has 0 aliphatic carbocycles. The van der Waals surface area contributed by atoms with E-state index >= 15 is 0 Å². The van der Waals surface area contributed by atoms with Gasteiger partial charge in [0.25, 0.3) is 0 Å². The van der Waals surface area contributed by atoms with Crippen LogP contribution in [0.25, 0.3) is 0 Å². The highest BCUT2D eigenvalue weighted by Crippen LogP contribution is 2.35. The van der Waals surface area contributed by atoms with Crippen LogP contribution in [0.2, 0.25) is 0 Å². The Morgan fingerprint density at radius 1 is 1.27 bits per heavy atom. The largest absolute Gasteiger partial charge is 0.355 e. The van der Waals surface area contributed by atoms with Crippen LogP contribution in [0.4, 0.5) is 0 Å². The maximum atomic E-state index is 12.4. The van der Waals surface area contributed by atoms with E-state index in [9.17, 15) is 9.59 Å². The third-order valence-corrected chi connectivity index (χ3v) is 4.36. The standard InChI is InChI=1S/C18H26N2O2/c1-18(2,3)14-12-20-17(22)15(14)16(21)19-11-7-10-13-8-5-4-6-9-13/h4-6,8-9,14-15H,7,10-12H2,1-3H3,(H,19,21)(H,20,22). The molecular formula is C18H26N2O2. The summed E-state index contributed by atoms with van der Waals surface area (Å²) < 4.78 is 0. The number of hydrogen-bond donors (Lipinski definition) is 2. The van der Waals surface area contributed by atoms with Gasteiger partial charge in [-0.3, -0.25) is 9.59 Å². The van der Waals surface area contributed by atoms with Crippen molar-refractivity contribution in [3.63, 3.8) is 0 Å². The number of amides is 2. The lowest BCUT2D eigenvalue weighted by Crippen LogP contribution is -2.41. The quantitative estimate of drug-likeness (QED) is 0.647. The minimum atomic E-state index is -0.559. The van der Waals surface area contributed by atoms with Crippen molar-refractivity contribution < 1.29 is 9.59 Å². The second kappa shape index (κ2) is 6.95. The number of hydrogen-bond acceptors (Lipinski definition) is 2. The van der Waals surface area contributed by atoms with Gasteiger partial charge in [-0.1, -0.05) is 51.1 Å². The van der Waals surface area contributed by atoms with E-state index in [2.05, 4.69) is 43.5 Å². The zero-order valence-electron chi connectivity index (χ0n) is 13.7. The van der Waals surface area contributed by atoms with Crippen LogP contribution in [0.1, 0.15) is 32.8 Å². The molecule has 1 fully saturated rings. The molecular weight excluding hydrogens is 276 g/mol. The van der Waals surface area contributed by atoms with Crippen LogP contribution in [0.5, 0.6) is 0 Å². The molecule has 1 aliphatic heterocycles. The Morgan fingerprint density at radius 3 is 2.59 bits per heavy atom. The summed E-state index contributed by atoms with van der Waals surface area (Å²) in [6, 6.07) is 10.2. The summed E-state index contributed by atoms with van der Waals surface area (Å²) in [5.41, 5.74) is 1.20. The molecule has 120 valence electrons. The average Bonchev–Trinajstić information content (AvgIpc) is 2.86. The van der Waals surface area contributed by atoms with Crippen molar-refractivity contribution in [1.29, 1.82) is 0 Å². The monoisotopic (exact) mass is 302 g/mol. The SMILES string of the molecule is CC(C)(C)C1CNC(=O)C1C(=O)NCCCc1ccccc1. The van der Waals surface area contributed by atoms with E-state index in [4.69, 9.17) is 0 Å². The Morgan fingerprint density at radius 2 is 1.95 bits per heavy atom. The van der Waals surface area contributed by atoms with Gasteiger partial charge in [-0.25, -0.2) is 0 Å². The summed E-state index contributed by atoms with van der Waals surface area (Å²) in [6.45, 7) is 7.42. The zero-order chi connectivity index (χ0) is 16.2. The summed E-state index contributed by atoms with van der Waals surface area (Å²) in [4.78, 5) is 24.3. The lowest BCUT2D eigenvalue weighted by atomic mass is 9.74. The van der Waals surface area contributed by atoms with Gasteiger partial charge in [-0.2, -0.15) is 0 Å². The predicted molar refractivity (Wildman–Crippen MR) is 87.2 cm³/mol. The molecule has 2 unspecified atom stereocenters. The van der Waals surface area contributed by atoms with Gasteiger partial charge in [0.15, 0.2) is 0 Å². The Hall–Kier alpha value is -1.84. The van der Waals surface area contributed by atoms with E-state index in [1.54, 1.807) is 0 Å². The number of carbonyl (C=O) groups is 2. The van der Waals surface area contributed by atoms with Crippen molar-refractivity contribution in [2.24, 2.45) is 17.3 Å². The second-order valence-corrected chi connectivity index (χ2v) is 7.08. The molecule has 1 aromatic carbocycles. The molecule has 22 heavy (non-hydrogen) atoms. The van der Waals surface area contributed by atoms with Crippen LogP contribution in [0, 0.1) is 17.3 Å². The normalized spacial score (nSPS) is 21.5. The Balaban J connectivity index is 1.82. The van der Waals surface area contributed by atoms with E-state index in [0.29, 0.717) is 13.1 Å². The molecule has 0 spiro atoms. The van der Waals surface area contributed by atoms with Crippen molar-refractivity contribution in [2.45, 2.75) is 33.6 Å². The number of rotatable bonds is 5. The van der Waals surface area contributed by atoms with Crippen molar-refractivity contribution in [3.8, 4) is 0 Å². The van der Waals surface area contributed by atoms with Gasteiger partial charge in [-0.15, -0.1) is 0 Å². The molecule has 1 aliphatic rings. The van der Waals surface area contributed by atoms with E-state index in [-0.39, 0.29) is 23.1 Å². The van der Waals surface area contributed by atoms with Crippen LogP contribution >= 0.6 is 0 Å². The van der Waals surface area contributed by atoms with Crippen LogP contribution in [0.3, 0.4) is 0 Å². The van der Waals surface area contributed by atoms with Gasteiger partial charge in [0.1, 0.15) is 5.92 Å². The molecule has 2 N–H and O–H groups in total. The highest BCUT2D eigenvalue weighted by atomic mass is 16.2. The van der Waals surface area contributed by atoms with Crippen LogP contribution < -0.4 is 10.6 Å². The van der Waals surface area contributed by atoms with Gasteiger partial charge < -0.3 is 10.6 Å². The predicted octanol–water partition coefficient (Wildman–Crippen LogP) is 2.14. The van der Waals surface area contributed by atoms with Crippen LogP contribution in [-0.2, 0) is 16.0 Å². The molecule has 0 radical (unpaired) electrons. The van der Waals surface area contributed by atoms with Gasteiger partial charge in [0.05, 0.1) is 0 Å². The number of benzene rings is 1. The lowest BCUT2D eigenvalue weighted by molar-refractivity contribution is -0.135. The molecule has 1 aromatic rings. The highest BCUT2D eigenvalue weighted by molar-refractivity contribution is 6.02. The van der Waals surface area contributed by atoms with Crippen molar-refractivity contribution in [2.75, 3.05) is 13.1 Å². The first-order chi connectivity index (χ1) is 10.4. The summed E-state index contributed by atoms with van der Waals surface area (Å²) in [6.07, 6.45) is 1.81. The minimum absolute atomic E-state index is 0.0501. The first-order valence-corrected chi connectivity index (χ1v) is 7.99.